The molecule has 2 N–H and O–H groups in total. The van der Waals surface area contributed by atoms with Crippen LogP contribution in [0, 0.1) is 6.92 Å². The van der Waals surface area contributed by atoms with Crippen LogP contribution in [0.15, 0.2) is 29.1 Å². The van der Waals surface area contributed by atoms with E-state index < -0.39 is 0 Å². The summed E-state index contributed by atoms with van der Waals surface area (Å²) in [5.41, 5.74) is 2.64. The van der Waals surface area contributed by atoms with Gasteiger partial charge in [-0.2, -0.15) is 0 Å². The Bertz CT molecular complexity index is 896. The number of aromatic nitrogens is 1. The van der Waals surface area contributed by atoms with Gasteiger partial charge in [0.2, 0.25) is 0 Å². The van der Waals surface area contributed by atoms with Gasteiger partial charge in [0.25, 0.3) is 5.56 Å². The minimum atomic E-state index is -0.0639. The van der Waals surface area contributed by atoms with Crippen molar-refractivity contribution >= 4 is 28.2 Å². The normalized spacial score (nSPS) is 14.7. The second-order valence-electron chi connectivity index (χ2n) is 7.67. The molecule has 164 valence electrons. The number of aromatic amines is 1. The van der Waals surface area contributed by atoms with Crippen molar-refractivity contribution in [2.45, 2.75) is 19.9 Å². The van der Waals surface area contributed by atoms with Crippen LogP contribution in [0.3, 0.4) is 0 Å². The van der Waals surface area contributed by atoms with Crippen LogP contribution in [0.2, 0.25) is 0 Å². The summed E-state index contributed by atoms with van der Waals surface area (Å²) in [6, 6.07) is 8.07. The Kier molecular flexibility index (Phi) is 8.62. The largest absolute Gasteiger partial charge is 0.383 e. The molecule has 1 aromatic carbocycles. The maximum Gasteiger partial charge on any atom is 0.253 e. The Hall–Kier alpha value is -2.00. The van der Waals surface area contributed by atoms with Gasteiger partial charge in [-0.05, 0) is 48.6 Å². The molecule has 2 aromatic rings. The SMILES string of the molecule is COCCNC(=S)N(CCCN1CCOCC1)Cc1cc2ccc(C)cc2[nH]c1=O. The number of aryl methyl sites for hydroxylation is 1. The van der Waals surface area contributed by atoms with Gasteiger partial charge in [-0.15, -0.1) is 0 Å². The number of rotatable bonds is 9. The standard InChI is InChI=1S/C22H32N4O3S/c1-17-4-5-18-15-19(21(27)24-20(18)14-17)16-26(22(30)23-6-11-28-2)8-3-7-25-9-12-29-13-10-25/h4-5,14-15H,3,6-13,16H2,1-2H3,(H,23,30)(H,24,27). The molecular weight excluding hydrogens is 400 g/mol. The van der Waals surface area contributed by atoms with Gasteiger partial charge in [-0.1, -0.05) is 12.1 Å². The second-order valence-corrected chi connectivity index (χ2v) is 8.05. The Morgan fingerprint density at radius 3 is 2.90 bits per heavy atom. The number of H-pyrrole nitrogens is 1. The molecule has 0 atom stereocenters. The first kappa shape index (κ1) is 22.7. The molecule has 0 unspecified atom stereocenters. The van der Waals surface area contributed by atoms with Crippen LogP contribution in [-0.2, 0) is 16.0 Å². The molecule has 0 spiro atoms. The van der Waals surface area contributed by atoms with Crippen molar-refractivity contribution < 1.29 is 9.47 Å². The molecule has 2 heterocycles. The van der Waals surface area contributed by atoms with Gasteiger partial charge in [0.05, 0.1) is 26.4 Å². The Labute approximate surface area is 183 Å². The van der Waals surface area contributed by atoms with Crippen molar-refractivity contribution in [3.8, 4) is 0 Å². The van der Waals surface area contributed by atoms with Crippen molar-refractivity contribution in [2.24, 2.45) is 0 Å². The summed E-state index contributed by atoms with van der Waals surface area (Å²) in [6.07, 6.45) is 0.969. The number of pyridine rings is 1. The predicted octanol–water partition coefficient (Wildman–Crippen LogP) is 1.88. The molecule has 8 heteroatoms. The van der Waals surface area contributed by atoms with E-state index in [2.05, 4.69) is 26.2 Å². The van der Waals surface area contributed by atoms with E-state index in [1.807, 2.05) is 25.1 Å². The van der Waals surface area contributed by atoms with Crippen LogP contribution in [0.25, 0.3) is 10.9 Å². The van der Waals surface area contributed by atoms with Crippen LogP contribution in [0.1, 0.15) is 17.5 Å². The third-order valence-electron chi connectivity index (χ3n) is 5.32. The highest BCUT2D eigenvalue weighted by atomic mass is 32.1. The van der Waals surface area contributed by atoms with Gasteiger partial charge >= 0.3 is 0 Å². The van der Waals surface area contributed by atoms with Crippen LogP contribution < -0.4 is 10.9 Å². The summed E-state index contributed by atoms with van der Waals surface area (Å²) in [6.45, 7) is 9.03. The number of methoxy groups -OCH3 is 1. The second kappa shape index (κ2) is 11.4. The zero-order valence-corrected chi connectivity index (χ0v) is 18.7. The predicted molar refractivity (Wildman–Crippen MR) is 124 cm³/mol. The highest BCUT2D eigenvalue weighted by Gasteiger charge is 2.15. The monoisotopic (exact) mass is 432 g/mol. The van der Waals surface area contributed by atoms with Gasteiger partial charge in [0, 0.05) is 50.9 Å². The van der Waals surface area contributed by atoms with Crippen molar-refractivity contribution in [1.82, 2.24) is 20.1 Å². The van der Waals surface area contributed by atoms with E-state index in [0.29, 0.717) is 30.4 Å². The molecule has 1 aromatic heterocycles. The molecule has 1 aliphatic heterocycles. The number of ether oxygens (including phenoxy) is 2. The Balaban J connectivity index is 1.69. The number of benzene rings is 1. The number of hydrogen-bond acceptors (Lipinski definition) is 5. The Morgan fingerprint density at radius 1 is 1.33 bits per heavy atom. The van der Waals surface area contributed by atoms with E-state index >= 15 is 0 Å². The van der Waals surface area contributed by atoms with Crippen LogP contribution in [-0.4, -0.2) is 79.6 Å². The van der Waals surface area contributed by atoms with Crippen molar-refractivity contribution in [2.75, 3.05) is 59.7 Å². The molecule has 1 aliphatic rings. The number of fused-ring (bicyclic) bond motifs is 1. The fourth-order valence-electron chi connectivity index (χ4n) is 3.62. The van der Waals surface area contributed by atoms with Gasteiger partial charge in [0.1, 0.15) is 0 Å². The summed E-state index contributed by atoms with van der Waals surface area (Å²) in [4.78, 5) is 20.2. The van der Waals surface area contributed by atoms with E-state index in [1.165, 1.54) is 0 Å². The first-order chi connectivity index (χ1) is 14.6. The topological polar surface area (TPSA) is 69.8 Å². The van der Waals surface area contributed by atoms with Crippen molar-refractivity contribution in [1.29, 1.82) is 0 Å². The number of morpholine rings is 1. The molecular formula is C22H32N4O3S. The summed E-state index contributed by atoms with van der Waals surface area (Å²) in [7, 11) is 1.67. The van der Waals surface area contributed by atoms with E-state index in [-0.39, 0.29) is 5.56 Å². The van der Waals surface area contributed by atoms with Crippen molar-refractivity contribution in [3.63, 3.8) is 0 Å². The van der Waals surface area contributed by atoms with E-state index in [0.717, 1.165) is 62.3 Å². The summed E-state index contributed by atoms with van der Waals surface area (Å²) >= 11 is 5.63. The molecule has 3 rings (SSSR count). The number of nitrogens with zero attached hydrogens (tertiary/aromatic N) is 2. The molecule has 7 nitrogen and oxygen atoms in total. The molecule has 0 saturated carbocycles. The smallest absolute Gasteiger partial charge is 0.253 e. The summed E-state index contributed by atoms with van der Waals surface area (Å²) in [5, 5.41) is 4.92. The first-order valence-corrected chi connectivity index (χ1v) is 10.9. The molecule has 1 saturated heterocycles. The zero-order valence-electron chi connectivity index (χ0n) is 17.9. The molecule has 0 radical (unpaired) electrons. The molecule has 1 fully saturated rings. The van der Waals surface area contributed by atoms with Crippen molar-refractivity contribution in [3.05, 3.63) is 45.7 Å². The van der Waals surface area contributed by atoms with Crippen LogP contribution in [0.4, 0.5) is 0 Å². The van der Waals surface area contributed by atoms with E-state index in [4.69, 9.17) is 21.7 Å². The summed E-state index contributed by atoms with van der Waals surface area (Å²) in [5.74, 6) is 0. The maximum absolute atomic E-state index is 12.7. The van der Waals surface area contributed by atoms with Crippen LogP contribution >= 0.6 is 12.2 Å². The highest BCUT2D eigenvalue weighted by molar-refractivity contribution is 7.80. The van der Waals surface area contributed by atoms with Gasteiger partial charge in [0.15, 0.2) is 5.11 Å². The first-order valence-electron chi connectivity index (χ1n) is 10.5. The lowest BCUT2D eigenvalue weighted by Crippen LogP contribution is -2.43. The minimum absolute atomic E-state index is 0.0639. The van der Waals surface area contributed by atoms with E-state index in [1.54, 1.807) is 7.11 Å². The molecule has 0 amide bonds. The minimum Gasteiger partial charge on any atom is -0.383 e. The average molecular weight is 433 g/mol. The van der Waals surface area contributed by atoms with Gasteiger partial charge < -0.3 is 24.7 Å². The molecule has 0 aliphatic carbocycles. The molecule has 0 bridgehead atoms. The third kappa shape index (κ3) is 6.50. The van der Waals surface area contributed by atoms with Crippen LogP contribution in [0.5, 0.6) is 0 Å². The van der Waals surface area contributed by atoms with Gasteiger partial charge in [-0.3, -0.25) is 9.69 Å². The number of hydrogen-bond donors (Lipinski definition) is 2. The van der Waals surface area contributed by atoms with Gasteiger partial charge in [-0.25, -0.2) is 0 Å². The number of nitrogens with one attached hydrogen (secondary N) is 2. The maximum atomic E-state index is 12.7. The molecule has 30 heavy (non-hydrogen) atoms. The third-order valence-corrected chi connectivity index (χ3v) is 5.72. The fourth-order valence-corrected chi connectivity index (χ4v) is 3.88. The average Bonchev–Trinajstić information content (AvgIpc) is 2.74. The lowest BCUT2D eigenvalue weighted by molar-refractivity contribution is 0.0367. The highest BCUT2D eigenvalue weighted by Crippen LogP contribution is 2.14. The lowest BCUT2D eigenvalue weighted by Gasteiger charge is -2.29. The number of thiocarbonyl (C=S) groups is 1. The Morgan fingerprint density at radius 2 is 2.13 bits per heavy atom. The quantitative estimate of drug-likeness (QED) is 0.463. The zero-order chi connectivity index (χ0) is 21.3. The van der Waals surface area contributed by atoms with E-state index in [9.17, 15) is 4.79 Å². The summed E-state index contributed by atoms with van der Waals surface area (Å²) < 4.78 is 10.5. The lowest BCUT2D eigenvalue weighted by atomic mass is 10.1. The fraction of sp³-hybridized carbons (Fsp3) is 0.545.